The molecule has 7 heteroatoms. The van der Waals surface area contributed by atoms with Crippen LogP contribution >= 0.6 is 11.3 Å². The van der Waals surface area contributed by atoms with Gasteiger partial charge in [0.25, 0.3) is 0 Å². The van der Waals surface area contributed by atoms with Crippen LogP contribution in [0.2, 0.25) is 0 Å². The van der Waals surface area contributed by atoms with E-state index >= 15 is 0 Å². The minimum atomic E-state index is -0.531. The van der Waals surface area contributed by atoms with Gasteiger partial charge in [-0.25, -0.2) is 19.7 Å². The average Bonchev–Trinajstić information content (AvgIpc) is 2.76. The summed E-state index contributed by atoms with van der Waals surface area (Å²) >= 11 is 1.33. The molecular weight excluding hydrogens is 264 g/mol. The molecule has 19 heavy (non-hydrogen) atoms. The topological polar surface area (TPSA) is 77.0 Å². The van der Waals surface area contributed by atoms with Gasteiger partial charge in [-0.3, -0.25) is 5.32 Å². The first-order valence-electron chi connectivity index (χ1n) is 5.66. The molecule has 0 atom stereocenters. The van der Waals surface area contributed by atoms with Crippen LogP contribution in [-0.4, -0.2) is 26.6 Å². The summed E-state index contributed by atoms with van der Waals surface area (Å²) in [5.74, 6) is 0. The molecule has 0 saturated carbocycles. The van der Waals surface area contributed by atoms with Crippen molar-refractivity contribution in [2.45, 2.75) is 26.4 Å². The molecule has 0 unspecified atom stereocenters. The Balaban J connectivity index is 2.04. The molecule has 100 valence electrons. The molecule has 0 radical (unpaired) electrons. The normalized spacial score (nSPS) is 11.1. The largest absolute Gasteiger partial charge is 0.444 e. The van der Waals surface area contributed by atoms with Crippen molar-refractivity contribution in [3.63, 3.8) is 0 Å². The van der Waals surface area contributed by atoms with E-state index in [4.69, 9.17) is 4.74 Å². The molecule has 2 rings (SSSR count). The highest BCUT2D eigenvalue weighted by molar-refractivity contribution is 7.19. The Labute approximate surface area is 114 Å². The standard InChI is InChI=1S/C12H14N4O2S/c1-12(2,3)18-11(17)16-10-14-6-9(19-10)8-4-5-13-7-15-8/h4-7H,1-3H3,(H,14,16,17). The van der Waals surface area contributed by atoms with Crippen molar-refractivity contribution >= 4 is 22.6 Å². The molecule has 0 aliphatic rings. The second-order valence-corrected chi connectivity index (χ2v) is 5.78. The van der Waals surface area contributed by atoms with Crippen LogP contribution in [0.5, 0.6) is 0 Å². The van der Waals surface area contributed by atoms with Gasteiger partial charge in [0, 0.05) is 12.4 Å². The van der Waals surface area contributed by atoms with Crippen molar-refractivity contribution in [2.24, 2.45) is 0 Å². The molecule has 0 spiro atoms. The minimum Gasteiger partial charge on any atom is -0.444 e. The van der Waals surface area contributed by atoms with Crippen molar-refractivity contribution < 1.29 is 9.53 Å². The fourth-order valence-electron chi connectivity index (χ4n) is 1.28. The number of anilines is 1. The van der Waals surface area contributed by atoms with E-state index < -0.39 is 11.7 Å². The SMILES string of the molecule is CC(C)(C)OC(=O)Nc1ncc(-c2ccncn2)s1. The zero-order valence-corrected chi connectivity index (χ0v) is 11.7. The quantitative estimate of drug-likeness (QED) is 0.913. The number of hydrogen-bond donors (Lipinski definition) is 1. The highest BCUT2D eigenvalue weighted by Gasteiger charge is 2.17. The van der Waals surface area contributed by atoms with Gasteiger partial charge < -0.3 is 4.74 Å². The Hall–Kier alpha value is -2.02. The Morgan fingerprint density at radius 2 is 2.16 bits per heavy atom. The predicted octanol–water partition coefficient (Wildman–Crippen LogP) is 2.95. The fraction of sp³-hybridized carbons (Fsp3) is 0.333. The van der Waals surface area contributed by atoms with Crippen molar-refractivity contribution in [3.8, 4) is 10.6 Å². The molecule has 0 aliphatic heterocycles. The van der Waals surface area contributed by atoms with E-state index in [1.807, 2.05) is 0 Å². The highest BCUT2D eigenvalue weighted by atomic mass is 32.1. The maximum atomic E-state index is 11.6. The van der Waals surface area contributed by atoms with Gasteiger partial charge in [0.15, 0.2) is 5.13 Å². The van der Waals surface area contributed by atoms with Crippen LogP contribution in [-0.2, 0) is 4.74 Å². The van der Waals surface area contributed by atoms with Crippen molar-refractivity contribution in [1.82, 2.24) is 15.0 Å². The van der Waals surface area contributed by atoms with E-state index in [1.165, 1.54) is 17.7 Å². The van der Waals surface area contributed by atoms with Gasteiger partial charge in [0.05, 0.1) is 10.6 Å². The summed E-state index contributed by atoms with van der Waals surface area (Å²) in [6.07, 6.45) is 4.26. The van der Waals surface area contributed by atoms with Gasteiger partial charge >= 0.3 is 6.09 Å². The number of aromatic nitrogens is 3. The summed E-state index contributed by atoms with van der Waals surface area (Å²) in [5.41, 5.74) is 0.237. The highest BCUT2D eigenvalue weighted by Crippen LogP contribution is 2.27. The number of ether oxygens (including phenoxy) is 1. The molecule has 2 aromatic rings. The van der Waals surface area contributed by atoms with Crippen LogP contribution in [0.25, 0.3) is 10.6 Å². The minimum absolute atomic E-state index is 0.475. The fourth-order valence-corrected chi connectivity index (χ4v) is 2.06. The van der Waals surface area contributed by atoms with Gasteiger partial charge in [-0.1, -0.05) is 11.3 Å². The maximum absolute atomic E-state index is 11.6. The lowest BCUT2D eigenvalue weighted by Gasteiger charge is -2.18. The smallest absolute Gasteiger partial charge is 0.413 e. The number of hydrogen-bond acceptors (Lipinski definition) is 6. The van der Waals surface area contributed by atoms with Crippen LogP contribution in [0.15, 0.2) is 24.8 Å². The Bertz CT molecular complexity index is 563. The summed E-state index contributed by atoms with van der Waals surface area (Å²) in [7, 11) is 0. The van der Waals surface area contributed by atoms with E-state index in [1.54, 1.807) is 39.2 Å². The van der Waals surface area contributed by atoms with Crippen molar-refractivity contribution in [3.05, 3.63) is 24.8 Å². The second-order valence-electron chi connectivity index (χ2n) is 4.75. The van der Waals surface area contributed by atoms with Gasteiger partial charge in [-0.15, -0.1) is 0 Å². The van der Waals surface area contributed by atoms with E-state index in [2.05, 4.69) is 20.3 Å². The predicted molar refractivity (Wildman–Crippen MR) is 73.0 cm³/mol. The van der Waals surface area contributed by atoms with Gasteiger partial charge in [0.1, 0.15) is 11.9 Å². The van der Waals surface area contributed by atoms with Gasteiger partial charge in [-0.05, 0) is 26.8 Å². The molecule has 1 amide bonds. The molecule has 0 fully saturated rings. The van der Waals surface area contributed by atoms with Crippen LogP contribution in [0.1, 0.15) is 20.8 Å². The number of carbonyl (C=O) groups is 1. The Kier molecular flexibility index (Phi) is 3.75. The third-order valence-corrected chi connectivity index (χ3v) is 2.88. The molecule has 0 bridgehead atoms. The van der Waals surface area contributed by atoms with E-state index in [-0.39, 0.29) is 0 Å². The number of carbonyl (C=O) groups excluding carboxylic acids is 1. The summed E-state index contributed by atoms with van der Waals surface area (Å²) in [5, 5.41) is 3.07. The number of nitrogens with zero attached hydrogens (tertiary/aromatic N) is 3. The van der Waals surface area contributed by atoms with Crippen molar-refractivity contribution in [1.29, 1.82) is 0 Å². The first-order valence-corrected chi connectivity index (χ1v) is 6.48. The first-order chi connectivity index (χ1) is 8.94. The second kappa shape index (κ2) is 5.31. The molecule has 0 saturated heterocycles. The molecule has 0 aromatic carbocycles. The summed E-state index contributed by atoms with van der Waals surface area (Å²) in [6.45, 7) is 5.42. The summed E-state index contributed by atoms with van der Waals surface area (Å²) in [4.78, 5) is 24.5. The third kappa shape index (κ3) is 3.99. The van der Waals surface area contributed by atoms with Gasteiger partial charge in [0.2, 0.25) is 0 Å². The summed E-state index contributed by atoms with van der Waals surface area (Å²) < 4.78 is 5.15. The van der Waals surface area contributed by atoms with Crippen molar-refractivity contribution in [2.75, 3.05) is 5.32 Å². The van der Waals surface area contributed by atoms with E-state index in [0.717, 1.165) is 10.6 Å². The lowest BCUT2D eigenvalue weighted by molar-refractivity contribution is 0.0636. The lowest BCUT2D eigenvalue weighted by Crippen LogP contribution is -2.27. The molecule has 6 nitrogen and oxygen atoms in total. The van der Waals surface area contributed by atoms with Crippen LogP contribution in [0, 0.1) is 0 Å². The molecule has 2 aromatic heterocycles. The number of rotatable bonds is 2. The Morgan fingerprint density at radius 3 is 2.79 bits per heavy atom. The number of thiazole rings is 1. The molecular formula is C12H14N4O2S. The zero-order valence-electron chi connectivity index (χ0n) is 10.9. The van der Waals surface area contributed by atoms with E-state index in [0.29, 0.717) is 5.13 Å². The molecule has 0 aliphatic carbocycles. The lowest BCUT2D eigenvalue weighted by atomic mass is 10.2. The average molecular weight is 278 g/mol. The van der Waals surface area contributed by atoms with Crippen LogP contribution < -0.4 is 5.32 Å². The molecule has 2 heterocycles. The first kappa shape index (κ1) is 13.4. The van der Waals surface area contributed by atoms with Gasteiger partial charge in [-0.2, -0.15) is 0 Å². The Morgan fingerprint density at radius 1 is 1.37 bits per heavy atom. The number of nitrogens with one attached hydrogen (secondary N) is 1. The van der Waals surface area contributed by atoms with Crippen LogP contribution in [0.3, 0.4) is 0 Å². The molecule has 1 N–H and O–H groups in total. The zero-order chi connectivity index (χ0) is 13.9. The number of amides is 1. The van der Waals surface area contributed by atoms with E-state index in [9.17, 15) is 4.79 Å². The maximum Gasteiger partial charge on any atom is 0.413 e. The summed E-state index contributed by atoms with van der Waals surface area (Å²) in [6, 6.07) is 1.78. The third-order valence-electron chi connectivity index (χ3n) is 1.95. The van der Waals surface area contributed by atoms with Crippen LogP contribution in [0.4, 0.5) is 9.93 Å². The monoisotopic (exact) mass is 278 g/mol.